The zero-order valence-corrected chi connectivity index (χ0v) is 15.4. The van der Waals surface area contributed by atoms with E-state index in [1.54, 1.807) is 0 Å². The maximum atomic E-state index is 12.5. The average Bonchev–Trinajstić information content (AvgIpc) is 3.01. The number of aliphatic hydroxyl groups is 1. The van der Waals surface area contributed by atoms with Gasteiger partial charge in [0.25, 0.3) is 0 Å². The Bertz CT molecular complexity index is 832. The van der Waals surface area contributed by atoms with Crippen molar-refractivity contribution in [2.75, 3.05) is 13.1 Å². The predicted molar refractivity (Wildman–Crippen MR) is 98.8 cm³/mol. The first kappa shape index (κ1) is 16.3. The quantitative estimate of drug-likeness (QED) is 0.903. The maximum absolute atomic E-state index is 12.5. The second kappa shape index (κ2) is 5.56. The molecule has 138 valence electrons. The smallest absolute Gasteiger partial charge is 0.225 e. The average molecular weight is 353 g/mol. The summed E-state index contributed by atoms with van der Waals surface area (Å²) in [6.45, 7) is 3.67. The van der Waals surface area contributed by atoms with Crippen LogP contribution in [0.25, 0.3) is 5.65 Å². The first-order chi connectivity index (χ1) is 12.4. The largest absolute Gasteiger partial charge is 0.390 e. The van der Waals surface area contributed by atoms with E-state index in [1.165, 1.54) is 31.4 Å². The standard InChI is InChI=1S/C21H27N3O2/c1-20(26)10-16(11-20)19(25)23-13-21(14-23)7-5-15(6-8-21)17-12-22-18-4-2-3-9-24(17)18/h2-4,9,12,15-16,26H,5-8,10-11,13-14H2,1H3. The molecule has 3 aliphatic rings. The molecule has 3 fully saturated rings. The van der Waals surface area contributed by atoms with E-state index in [1.807, 2.05) is 24.1 Å². The van der Waals surface area contributed by atoms with Gasteiger partial charge in [0.15, 0.2) is 0 Å². The van der Waals surface area contributed by atoms with Crippen LogP contribution in [0, 0.1) is 11.3 Å². The van der Waals surface area contributed by atoms with Gasteiger partial charge in [0, 0.05) is 48.4 Å². The van der Waals surface area contributed by atoms with Gasteiger partial charge in [-0.3, -0.25) is 4.79 Å². The van der Waals surface area contributed by atoms with Crippen molar-refractivity contribution in [3.63, 3.8) is 0 Å². The molecule has 5 rings (SSSR count). The molecule has 0 unspecified atom stereocenters. The fourth-order valence-electron chi connectivity index (χ4n) is 5.45. The van der Waals surface area contributed by atoms with Gasteiger partial charge < -0.3 is 14.4 Å². The molecule has 2 aromatic rings. The topological polar surface area (TPSA) is 57.8 Å². The second-order valence-electron chi connectivity index (χ2n) is 9.18. The van der Waals surface area contributed by atoms with Crippen LogP contribution in [-0.4, -0.2) is 44.0 Å². The highest BCUT2D eigenvalue weighted by Gasteiger charge is 2.51. The van der Waals surface area contributed by atoms with Gasteiger partial charge in [0.1, 0.15) is 5.65 Å². The van der Waals surface area contributed by atoms with E-state index in [0.717, 1.165) is 18.7 Å². The number of fused-ring (bicyclic) bond motifs is 1. The van der Waals surface area contributed by atoms with Crippen molar-refractivity contribution in [1.82, 2.24) is 14.3 Å². The Morgan fingerprint density at radius 1 is 1.23 bits per heavy atom. The lowest BCUT2D eigenvalue weighted by Gasteiger charge is -2.55. The van der Waals surface area contributed by atoms with Gasteiger partial charge in [-0.1, -0.05) is 6.07 Å². The van der Waals surface area contributed by atoms with Crippen LogP contribution in [-0.2, 0) is 4.79 Å². The van der Waals surface area contributed by atoms with Crippen LogP contribution in [0.5, 0.6) is 0 Å². The molecular weight excluding hydrogens is 326 g/mol. The van der Waals surface area contributed by atoms with Gasteiger partial charge in [-0.15, -0.1) is 0 Å². The van der Waals surface area contributed by atoms with Gasteiger partial charge in [-0.05, 0) is 57.6 Å². The van der Waals surface area contributed by atoms with Crippen molar-refractivity contribution in [2.45, 2.75) is 57.0 Å². The van der Waals surface area contributed by atoms with E-state index in [0.29, 0.717) is 24.2 Å². The number of amides is 1. The van der Waals surface area contributed by atoms with E-state index in [-0.39, 0.29) is 11.8 Å². The highest BCUT2D eigenvalue weighted by atomic mass is 16.3. The lowest BCUT2D eigenvalue weighted by molar-refractivity contribution is -0.163. The first-order valence-corrected chi connectivity index (χ1v) is 9.88. The third-order valence-electron chi connectivity index (χ3n) is 7.00. The Balaban J connectivity index is 1.19. The van der Waals surface area contributed by atoms with Gasteiger partial charge in [0.2, 0.25) is 5.91 Å². The molecule has 3 heterocycles. The number of hydrogen-bond acceptors (Lipinski definition) is 3. The highest BCUT2D eigenvalue weighted by molar-refractivity contribution is 5.81. The summed E-state index contributed by atoms with van der Waals surface area (Å²) in [5.74, 6) is 0.896. The molecule has 5 heteroatoms. The van der Waals surface area contributed by atoms with Crippen LogP contribution < -0.4 is 0 Å². The normalized spacial score (nSPS) is 31.0. The lowest BCUT2D eigenvalue weighted by Crippen LogP contribution is -2.62. The van der Waals surface area contributed by atoms with E-state index < -0.39 is 5.60 Å². The molecular formula is C21H27N3O2. The number of carbonyl (C=O) groups is 1. The minimum Gasteiger partial charge on any atom is -0.390 e. The van der Waals surface area contributed by atoms with Gasteiger partial charge in [-0.25, -0.2) is 4.98 Å². The Morgan fingerprint density at radius 3 is 2.65 bits per heavy atom. The monoisotopic (exact) mass is 353 g/mol. The maximum Gasteiger partial charge on any atom is 0.225 e. The Kier molecular flexibility index (Phi) is 3.48. The molecule has 2 aliphatic carbocycles. The van der Waals surface area contributed by atoms with E-state index in [4.69, 9.17) is 0 Å². The Hall–Kier alpha value is -1.88. The molecule has 1 saturated heterocycles. The summed E-state index contributed by atoms with van der Waals surface area (Å²) in [6.07, 6.45) is 10.2. The van der Waals surface area contributed by atoms with Crippen LogP contribution in [0.15, 0.2) is 30.6 Å². The lowest BCUT2D eigenvalue weighted by atomic mass is 9.64. The van der Waals surface area contributed by atoms with Crippen molar-refractivity contribution in [3.8, 4) is 0 Å². The molecule has 5 nitrogen and oxygen atoms in total. The van der Waals surface area contributed by atoms with Crippen LogP contribution >= 0.6 is 0 Å². The summed E-state index contributed by atoms with van der Waals surface area (Å²) >= 11 is 0. The first-order valence-electron chi connectivity index (χ1n) is 9.88. The van der Waals surface area contributed by atoms with Crippen molar-refractivity contribution in [2.24, 2.45) is 11.3 Å². The van der Waals surface area contributed by atoms with Crippen LogP contribution in [0.4, 0.5) is 0 Å². The Labute approximate surface area is 154 Å². The van der Waals surface area contributed by atoms with E-state index in [2.05, 4.69) is 27.7 Å². The summed E-state index contributed by atoms with van der Waals surface area (Å²) in [5, 5.41) is 9.86. The minimum absolute atomic E-state index is 0.0526. The molecule has 0 radical (unpaired) electrons. The molecule has 1 amide bonds. The SMILES string of the molecule is CC1(O)CC(C(=O)N2CC3(CCC(c4cnc5ccccn45)CC3)C2)C1. The third kappa shape index (κ3) is 2.56. The van der Waals surface area contributed by atoms with Crippen molar-refractivity contribution >= 4 is 11.6 Å². The molecule has 0 bridgehead atoms. The van der Waals surface area contributed by atoms with Crippen LogP contribution in [0.1, 0.15) is 57.1 Å². The molecule has 2 saturated carbocycles. The number of pyridine rings is 1. The molecule has 26 heavy (non-hydrogen) atoms. The molecule has 0 atom stereocenters. The number of carbonyl (C=O) groups excluding carboxylic acids is 1. The molecule has 0 aromatic carbocycles. The zero-order valence-electron chi connectivity index (χ0n) is 15.4. The number of hydrogen-bond donors (Lipinski definition) is 1. The van der Waals surface area contributed by atoms with E-state index in [9.17, 15) is 9.90 Å². The summed E-state index contributed by atoms with van der Waals surface area (Å²) in [5.41, 5.74) is 2.09. The number of nitrogens with zero attached hydrogens (tertiary/aromatic N) is 3. The van der Waals surface area contributed by atoms with E-state index >= 15 is 0 Å². The summed E-state index contributed by atoms with van der Waals surface area (Å²) in [6, 6.07) is 6.15. The summed E-state index contributed by atoms with van der Waals surface area (Å²) in [4.78, 5) is 19.1. The number of rotatable bonds is 2. The van der Waals surface area contributed by atoms with Crippen LogP contribution in [0.3, 0.4) is 0 Å². The minimum atomic E-state index is -0.616. The number of likely N-dealkylation sites (tertiary alicyclic amines) is 1. The van der Waals surface area contributed by atoms with Gasteiger partial charge in [0.05, 0.1) is 5.60 Å². The summed E-state index contributed by atoms with van der Waals surface area (Å²) in [7, 11) is 0. The van der Waals surface area contributed by atoms with Crippen LogP contribution in [0.2, 0.25) is 0 Å². The Morgan fingerprint density at radius 2 is 1.96 bits per heavy atom. The number of imidazole rings is 1. The number of aromatic nitrogens is 2. The van der Waals surface area contributed by atoms with Crippen molar-refractivity contribution in [1.29, 1.82) is 0 Å². The van der Waals surface area contributed by atoms with Crippen molar-refractivity contribution < 1.29 is 9.90 Å². The highest BCUT2D eigenvalue weighted by Crippen LogP contribution is 2.49. The predicted octanol–water partition coefficient (Wildman–Crippen LogP) is 2.98. The second-order valence-corrected chi connectivity index (χ2v) is 9.18. The van der Waals surface area contributed by atoms with Gasteiger partial charge >= 0.3 is 0 Å². The summed E-state index contributed by atoms with van der Waals surface area (Å²) < 4.78 is 2.22. The molecule has 1 N–H and O–H groups in total. The zero-order chi connectivity index (χ0) is 17.9. The fourth-order valence-corrected chi connectivity index (χ4v) is 5.45. The molecule has 1 spiro atoms. The molecule has 1 aliphatic heterocycles. The fraction of sp³-hybridized carbons (Fsp3) is 0.619. The third-order valence-corrected chi connectivity index (χ3v) is 7.00. The molecule has 2 aromatic heterocycles. The van der Waals surface area contributed by atoms with Crippen molar-refractivity contribution in [3.05, 3.63) is 36.3 Å². The van der Waals surface area contributed by atoms with Gasteiger partial charge in [-0.2, -0.15) is 0 Å².